The summed E-state index contributed by atoms with van der Waals surface area (Å²) in [6, 6.07) is 1.47. The molecule has 0 saturated heterocycles. The van der Waals surface area contributed by atoms with Gasteiger partial charge in [-0.2, -0.15) is 0 Å². The van der Waals surface area contributed by atoms with E-state index in [9.17, 15) is 5.11 Å². The molecule has 0 radical (unpaired) electrons. The van der Waals surface area contributed by atoms with Crippen LogP contribution in [0, 0.1) is 0 Å². The van der Waals surface area contributed by atoms with Gasteiger partial charge < -0.3 is 5.11 Å². The Kier molecular flexibility index (Phi) is 1.36. The van der Waals surface area contributed by atoms with Crippen molar-refractivity contribution in [3.05, 3.63) is 24.3 Å². The van der Waals surface area contributed by atoms with Crippen LogP contribution in [0.25, 0.3) is 0 Å². The number of aromatic nitrogens is 2. The number of aliphatic hydroxyl groups is 1. The predicted molar refractivity (Wildman–Crippen MR) is 37.3 cm³/mol. The van der Waals surface area contributed by atoms with Gasteiger partial charge in [0.05, 0.1) is 1.37 Å². The van der Waals surface area contributed by atoms with Crippen LogP contribution >= 0.6 is 0 Å². The minimum absolute atomic E-state index is 0.122. The van der Waals surface area contributed by atoms with Crippen LogP contribution in [0.5, 0.6) is 0 Å². The summed E-state index contributed by atoms with van der Waals surface area (Å²) in [4.78, 5) is 7.58. The highest BCUT2D eigenvalue weighted by atomic mass is 16.3. The maximum absolute atomic E-state index is 9.41. The van der Waals surface area contributed by atoms with Gasteiger partial charge in [0.1, 0.15) is 5.60 Å². The van der Waals surface area contributed by atoms with Gasteiger partial charge in [-0.05, 0) is 19.9 Å². The van der Waals surface area contributed by atoms with Crippen molar-refractivity contribution in [2.45, 2.75) is 19.4 Å². The average Bonchev–Trinajstić information content (AvgIpc) is 1.86. The largest absolute Gasteiger partial charge is 0.382 e. The van der Waals surface area contributed by atoms with Crippen LogP contribution in [0.1, 0.15) is 21.0 Å². The fourth-order valence-electron chi connectivity index (χ4n) is 0.563. The molecule has 0 spiro atoms. The fourth-order valence-corrected chi connectivity index (χ4v) is 0.563. The lowest BCUT2D eigenvalue weighted by atomic mass is 10.1. The van der Waals surface area contributed by atoms with Gasteiger partial charge >= 0.3 is 0 Å². The first-order chi connectivity index (χ1) is 5.00. The molecule has 1 N–H and O–H groups in total. The Labute approximate surface area is 61.2 Å². The van der Waals surface area contributed by atoms with Gasteiger partial charge in [-0.15, -0.1) is 0 Å². The summed E-state index contributed by atoms with van der Waals surface area (Å²) < 4.78 is 7.15. The highest BCUT2D eigenvalue weighted by Crippen LogP contribution is 2.12. The normalized spacial score (nSPS) is 12.9. The van der Waals surface area contributed by atoms with Crippen LogP contribution in [-0.4, -0.2) is 15.1 Å². The third-order valence-electron chi connectivity index (χ3n) is 1.06. The smallest absolute Gasteiger partial charge is 0.159 e. The molecule has 0 bridgehead atoms. The standard InChI is InChI=1S/C7H10N2O/c1-7(2,10)6-8-4-3-5-9-6/h3-5,10H,1-2H3/i4D. The predicted octanol–water partition coefficient (Wildman–Crippen LogP) is 0.704. The molecule has 54 valence electrons. The summed E-state index contributed by atoms with van der Waals surface area (Å²) in [6.45, 7) is 3.17. The maximum Gasteiger partial charge on any atom is 0.159 e. The van der Waals surface area contributed by atoms with Crippen molar-refractivity contribution >= 4 is 0 Å². The Morgan fingerprint density at radius 2 is 2.30 bits per heavy atom. The summed E-state index contributed by atoms with van der Waals surface area (Å²) in [7, 11) is 0. The lowest BCUT2D eigenvalue weighted by molar-refractivity contribution is 0.0687. The maximum atomic E-state index is 9.41. The average molecular weight is 139 g/mol. The van der Waals surface area contributed by atoms with E-state index < -0.39 is 5.60 Å². The quantitative estimate of drug-likeness (QED) is 0.623. The second-order valence-electron chi connectivity index (χ2n) is 2.57. The molecule has 0 saturated carbocycles. The Balaban J connectivity index is 3.06. The van der Waals surface area contributed by atoms with Crippen LogP contribution < -0.4 is 0 Å². The van der Waals surface area contributed by atoms with E-state index in [2.05, 4.69) is 9.97 Å². The first-order valence-electron chi connectivity index (χ1n) is 3.52. The van der Waals surface area contributed by atoms with Gasteiger partial charge in [-0.1, -0.05) is 0 Å². The van der Waals surface area contributed by atoms with Crippen molar-refractivity contribution in [1.82, 2.24) is 9.97 Å². The third-order valence-corrected chi connectivity index (χ3v) is 1.06. The van der Waals surface area contributed by atoms with Crippen LogP contribution in [0.2, 0.25) is 0 Å². The van der Waals surface area contributed by atoms with Crippen molar-refractivity contribution in [2.24, 2.45) is 0 Å². The second-order valence-corrected chi connectivity index (χ2v) is 2.57. The molecular formula is C7H10N2O. The van der Waals surface area contributed by atoms with E-state index in [0.717, 1.165) is 0 Å². The Hall–Kier alpha value is -0.960. The zero-order chi connectivity index (χ0) is 8.48. The van der Waals surface area contributed by atoms with Crippen LogP contribution in [0.4, 0.5) is 0 Å². The Morgan fingerprint density at radius 1 is 1.60 bits per heavy atom. The van der Waals surface area contributed by atoms with Gasteiger partial charge in [0.15, 0.2) is 5.82 Å². The monoisotopic (exact) mass is 139 g/mol. The zero-order valence-corrected chi connectivity index (χ0v) is 6.00. The number of hydrogen-bond donors (Lipinski definition) is 1. The summed E-state index contributed by atoms with van der Waals surface area (Å²) in [5.74, 6) is 0.282. The molecule has 10 heavy (non-hydrogen) atoms. The minimum atomic E-state index is -1.06. The summed E-state index contributed by atoms with van der Waals surface area (Å²) >= 11 is 0. The molecule has 0 unspecified atom stereocenters. The van der Waals surface area contributed by atoms with E-state index in [4.69, 9.17) is 1.37 Å². The molecule has 1 rings (SSSR count). The van der Waals surface area contributed by atoms with Crippen molar-refractivity contribution in [3.8, 4) is 0 Å². The van der Waals surface area contributed by atoms with E-state index in [0.29, 0.717) is 0 Å². The zero-order valence-electron chi connectivity index (χ0n) is 7.00. The number of rotatable bonds is 1. The second kappa shape index (κ2) is 2.34. The summed E-state index contributed by atoms with van der Waals surface area (Å²) in [5.41, 5.74) is -1.06. The molecule has 1 heterocycles. The Bertz CT molecular complexity index is 257. The topological polar surface area (TPSA) is 46.0 Å². The van der Waals surface area contributed by atoms with Gasteiger partial charge in [0, 0.05) is 12.4 Å². The van der Waals surface area contributed by atoms with Gasteiger partial charge in [-0.25, -0.2) is 9.97 Å². The molecule has 0 fully saturated rings. The molecule has 1 aromatic heterocycles. The van der Waals surface area contributed by atoms with Crippen LogP contribution in [0.3, 0.4) is 0 Å². The van der Waals surface area contributed by atoms with Crippen molar-refractivity contribution < 1.29 is 6.48 Å². The fraction of sp³-hybridized carbons (Fsp3) is 0.429. The van der Waals surface area contributed by atoms with Crippen LogP contribution in [0.15, 0.2) is 18.4 Å². The molecule has 0 aromatic carbocycles. The number of nitrogens with zero attached hydrogens (tertiary/aromatic N) is 2. The lowest BCUT2D eigenvalue weighted by Crippen LogP contribution is -2.18. The van der Waals surface area contributed by atoms with Crippen molar-refractivity contribution in [1.29, 1.82) is 0 Å². The molecule has 0 aliphatic heterocycles. The van der Waals surface area contributed by atoms with Crippen LogP contribution in [-0.2, 0) is 5.60 Å². The minimum Gasteiger partial charge on any atom is -0.382 e. The SMILES string of the molecule is [2H]c1ccnc(C(C)(C)O)n1. The van der Waals surface area contributed by atoms with E-state index >= 15 is 0 Å². The van der Waals surface area contributed by atoms with Gasteiger partial charge in [0.25, 0.3) is 0 Å². The molecule has 0 aliphatic carbocycles. The highest BCUT2D eigenvalue weighted by Gasteiger charge is 2.17. The van der Waals surface area contributed by atoms with E-state index in [1.54, 1.807) is 13.8 Å². The summed E-state index contributed by atoms with van der Waals surface area (Å²) in [6.07, 6.45) is 1.58. The Morgan fingerprint density at radius 3 is 2.70 bits per heavy atom. The van der Waals surface area contributed by atoms with E-state index in [1.807, 2.05) is 0 Å². The molecule has 0 amide bonds. The number of hydrogen-bond acceptors (Lipinski definition) is 3. The molecule has 0 aliphatic rings. The van der Waals surface area contributed by atoms with Gasteiger partial charge in [0.2, 0.25) is 0 Å². The first kappa shape index (κ1) is 5.80. The third kappa shape index (κ3) is 1.51. The molecule has 3 heteroatoms. The van der Waals surface area contributed by atoms with Crippen molar-refractivity contribution in [2.75, 3.05) is 0 Å². The first-order valence-corrected chi connectivity index (χ1v) is 3.02. The van der Waals surface area contributed by atoms with E-state index in [1.165, 1.54) is 12.3 Å². The van der Waals surface area contributed by atoms with E-state index in [-0.39, 0.29) is 12.0 Å². The molecule has 0 atom stereocenters. The highest BCUT2D eigenvalue weighted by molar-refractivity contribution is 4.97. The van der Waals surface area contributed by atoms with Crippen molar-refractivity contribution in [3.63, 3.8) is 0 Å². The summed E-state index contributed by atoms with van der Waals surface area (Å²) in [5, 5.41) is 9.41. The molecular weight excluding hydrogens is 128 g/mol. The van der Waals surface area contributed by atoms with Gasteiger partial charge in [-0.3, -0.25) is 0 Å². The molecule has 1 aromatic rings. The molecule has 3 nitrogen and oxygen atoms in total. The lowest BCUT2D eigenvalue weighted by Gasteiger charge is -2.13.